The smallest absolute Gasteiger partial charge is 0.408 e. The van der Waals surface area contributed by atoms with Crippen molar-refractivity contribution in [3.05, 3.63) is 78.4 Å². The molecule has 0 saturated carbocycles. The summed E-state index contributed by atoms with van der Waals surface area (Å²) < 4.78 is 5.34. The molecule has 0 aromatic heterocycles. The number of nitrogens with one attached hydrogen (secondary N) is 2. The van der Waals surface area contributed by atoms with Crippen molar-refractivity contribution in [1.29, 1.82) is 0 Å². The molecule has 3 aromatic rings. The normalized spacial score (nSPS) is 13.9. The molecule has 230 valence electrons. The van der Waals surface area contributed by atoms with E-state index < -0.39 is 42.1 Å². The zero-order chi connectivity index (χ0) is 31.4. The summed E-state index contributed by atoms with van der Waals surface area (Å²) in [6.45, 7) is 7.45. The van der Waals surface area contributed by atoms with Gasteiger partial charge in [-0.1, -0.05) is 100 Å². The Kier molecular flexibility index (Phi) is 12.7. The first-order valence-corrected chi connectivity index (χ1v) is 14.9. The van der Waals surface area contributed by atoms with Gasteiger partial charge in [0, 0.05) is 5.39 Å². The third kappa shape index (κ3) is 9.38. The monoisotopic (exact) mass is 589 g/mol. The standard InChI is InChI=1S/C34H43N3O6/c1-5-6-18-30(32(40)36-28(20-23(2)3)31(39)21-38)37(29-19-12-16-26-15-10-11-17-27(26)29)33(41)24(4)35-34(42)43-22-25-13-8-7-9-14-25/h7-17,19,21,23-24,28,30-31,39H,5-6,18,20,22H2,1-4H3,(H,35,42)(H,36,40)/t24-,28-,30-,31-/m0/s1. The van der Waals surface area contributed by atoms with Crippen LogP contribution < -0.4 is 15.5 Å². The predicted octanol–water partition coefficient (Wildman–Crippen LogP) is 5.14. The van der Waals surface area contributed by atoms with Crippen LogP contribution in [0.15, 0.2) is 72.8 Å². The number of nitrogens with zero attached hydrogens (tertiary/aromatic N) is 1. The van der Waals surface area contributed by atoms with E-state index in [4.69, 9.17) is 4.74 Å². The van der Waals surface area contributed by atoms with Gasteiger partial charge in [0.1, 0.15) is 24.8 Å². The molecule has 0 spiro atoms. The first-order valence-electron chi connectivity index (χ1n) is 14.9. The Morgan fingerprint density at radius 2 is 1.60 bits per heavy atom. The van der Waals surface area contributed by atoms with Crippen LogP contribution >= 0.6 is 0 Å². The number of amides is 3. The number of aldehydes is 1. The van der Waals surface area contributed by atoms with Crippen molar-refractivity contribution in [3.8, 4) is 0 Å². The minimum absolute atomic E-state index is 0.0401. The molecular formula is C34H43N3O6. The molecule has 3 N–H and O–H groups in total. The van der Waals surface area contributed by atoms with Crippen LogP contribution in [0, 0.1) is 5.92 Å². The number of aliphatic hydroxyl groups is 1. The fourth-order valence-corrected chi connectivity index (χ4v) is 5.01. The molecular weight excluding hydrogens is 546 g/mol. The van der Waals surface area contributed by atoms with Gasteiger partial charge in [-0.05, 0) is 42.7 Å². The summed E-state index contributed by atoms with van der Waals surface area (Å²) in [6.07, 6.45) is 0.373. The largest absolute Gasteiger partial charge is 0.445 e. The topological polar surface area (TPSA) is 125 Å². The first-order chi connectivity index (χ1) is 20.7. The molecule has 9 nitrogen and oxygen atoms in total. The fourth-order valence-electron chi connectivity index (χ4n) is 5.01. The van der Waals surface area contributed by atoms with E-state index in [2.05, 4.69) is 10.6 Å². The number of aliphatic hydroxyl groups excluding tert-OH is 1. The van der Waals surface area contributed by atoms with Crippen LogP contribution in [0.2, 0.25) is 0 Å². The predicted molar refractivity (Wildman–Crippen MR) is 167 cm³/mol. The van der Waals surface area contributed by atoms with Gasteiger partial charge in [-0.15, -0.1) is 0 Å². The third-order valence-corrected chi connectivity index (χ3v) is 7.23. The van der Waals surface area contributed by atoms with E-state index in [-0.39, 0.29) is 12.5 Å². The number of rotatable bonds is 15. The lowest BCUT2D eigenvalue weighted by atomic mass is 9.97. The van der Waals surface area contributed by atoms with Crippen LogP contribution in [-0.4, -0.2) is 53.5 Å². The number of carbonyl (C=O) groups excluding carboxylic acids is 4. The summed E-state index contributed by atoms with van der Waals surface area (Å²) in [5.74, 6) is -0.892. The molecule has 3 rings (SSSR count). The van der Waals surface area contributed by atoms with Gasteiger partial charge in [-0.2, -0.15) is 0 Å². The van der Waals surface area contributed by atoms with Crippen molar-refractivity contribution in [2.75, 3.05) is 4.90 Å². The SMILES string of the molecule is CCCC[C@@H](C(=O)N[C@@H](CC(C)C)[C@@H](O)C=O)N(C(=O)[C@H](C)NC(=O)OCc1ccccc1)c1cccc2ccccc12. The lowest BCUT2D eigenvalue weighted by molar-refractivity contribution is -0.129. The van der Waals surface area contributed by atoms with E-state index in [1.807, 2.05) is 87.5 Å². The Bertz CT molecular complexity index is 1360. The molecule has 4 atom stereocenters. The number of alkyl carbamates (subject to hydrolysis) is 1. The van der Waals surface area contributed by atoms with Crippen LogP contribution in [0.1, 0.15) is 58.9 Å². The fraction of sp³-hybridized carbons (Fsp3) is 0.412. The summed E-state index contributed by atoms with van der Waals surface area (Å²) in [6, 6.07) is 19.4. The highest BCUT2D eigenvalue weighted by molar-refractivity contribution is 6.09. The van der Waals surface area contributed by atoms with Crippen molar-refractivity contribution in [3.63, 3.8) is 0 Å². The summed E-state index contributed by atoms with van der Waals surface area (Å²) in [7, 11) is 0. The highest BCUT2D eigenvalue weighted by Gasteiger charge is 2.36. The molecule has 0 radical (unpaired) electrons. The highest BCUT2D eigenvalue weighted by Crippen LogP contribution is 2.30. The van der Waals surface area contributed by atoms with Gasteiger partial charge in [0.05, 0.1) is 11.7 Å². The second-order valence-corrected chi connectivity index (χ2v) is 11.2. The van der Waals surface area contributed by atoms with Gasteiger partial charge in [0.15, 0.2) is 6.29 Å². The third-order valence-electron chi connectivity index (χ3n) is 7.23. The number of benzene rings is 3. The van der Waals surface area contributed by atoms with Gasteiger partial charge in [0.2, 0.25) is 11.8 Å². The van der Waals surface area contributed by atoms with Gasteiger partial charge >= 0.3 is 6.09 Å². The molecule has 0 unspecified atom stereocenters. The highest BCUT2D eigenvalue weighted by atomic mass is 16.5. The van der Waals surface area contributed by atoms with Crippen molar-refractivity contribution >= 4 is 40.7 Å². The summed E-state index contributed by atoms with van der Waals surface area (Å²) in [5.41, 5.74) is 1.32. The molecule has 43 heavy (non-hydrogen) atoms. The molecule has 0 heterocycles. The van der Waals surface area contributed by atoms with Crippen LogP contribution in [0.25, 0.3) is 10.8 Å². The van der Waals surface area contributed by atoms with E-state index in [0.29, 0.717) is 31.2 Å². The maximum atomic E-state index is 14.2. The number of ether oxygens (including phenoxy) is 1. The van der Waals surface area contributed by atoms with Crippen LogP contribution in [0.3, 0.4) is 0 Å². The average Bonchev–Trinajstić information content (AvgIpc) is 3.01. The van der Waals surface area contributed by atoms with Crippen molar-refractivity contribution in [2.45, 2.75) is 84.2 Å². The maximum absolute atomic E-state index is 14.2. The minimum atomic E-state index is -1.39. The molecule has 3 aromatic carbocycles. The van der Waals surface area contributed by atoms with Crippen molar-refractivity contribution in [2.24, 2.45) is 5.92 Å². The lowest BCUT2D eigenvalue weighted by Gasteiger charge is -2.35. The summed E-state index contributed by atoms with van der Waals surface area (Å²) in [5, 5.41) is 17.5. The first kappa shape index (κ1) is 33.3. The van der Waals surface area contributed by atoms with Crippen LogP contribution in [0.5, 0.6) is 0 Å². The van der Waals surface area contributed by atoms with Gasteiger partial charge in [0.25, 0.3) is 0 Å². The Morgan fingerprint density at radius 1 is 0.930 bits per heavy atom. The van der Waals surface area contributed by atoms with Gasteiger partial charge in [-0.3, -0.25) is 14.5 Å². The molecule has 9 heteroatoms. The molecule has 0 bridgehead atoms. The Labute approximate surface area is 253 Å². The van der Waals surface area contributed by atoms with E-state index in [1.54, 1.807) is 13.0 Å². The zero-order valence-corrected chi connectivity index (χ0v) is 25.4. The number of hydrogen-bond acceptors (Lipinski definition) is 6. The minimum Gasteiger partial charge on any atom is -0.445 e. The second-order valence-electron chi connectivity index (χ2n) is 11.2. The summed E-state index contributed by atoms with van der Waals surface area (Å²) >= 11 is 0. The van der Waals surface area contributed by atoms with Crippen molar-refractivity contribution < 1.29 is 29.0 Å². The Balaban J connectivity index is 1.97. The number of unbranched alkanes of at least 4 members (excludes halogenated alkanes) is 1. The molecule has 0 aliphatic carbocycles. The zero-order valence-electron chi connectivity index (χ0n) is 25.4. The number of carbonyl (C=O) groups is 4. The number of fused-ring (bicyclic) bond motifs is 1. The molecule has 0 fully saturated rings. The van der Waals surface area contributed by atoms with Gasteiger partial charge in [-0.25, -0.2) is 4.79 Å². The number of hydrogen-bond donors (Lipinski definition) is 3. The summed E-state index contributed by atoms with van der Waals surface area (Å²) in [4.78, 5) is 53.8. The average molecular weight is 590 g/mol. The van der Waals surface area contributed by atoms with Crippen molar-refractivity contribution in [1.82, 2.24) is 10.6 Å². The Morgan fingerprint density at radius 3 is 2.28 bits per heavy atom. The maximum Gasteiger partial charge on any atom is 0.408 e. The van der Waals surface area contributed by atoms with E-state index >= 15 is 0 Å². The second kappa shape index (κ2) is 16.4. The van der Waals surface area contributed by atoms with Crippen LogP contribution in [-0.2, 0) is 25.7 Å². The lowest BCUT2D eigenvalue weighted by Crippen LogP contribution is -2.58. The quantitative estimate of drug-likeness (QED) is 0.211. The molecule has 0 aliphatic rings. The molecule has 0 aliphatic heterocycles. The van der Waals surface area contributed by atoms with Crippen LogP contribution in [0.4, 0.5) is 10.5 Å². The molecule has 3 amide bonds. The number of anilines is 1. The molecule has 0 saturated heterocycles. The van der Waals surface area contributed by atoms with E-state index in [0.717, 1.165) is 22.8 Å². The van der Waals surface area contributed by atoms with Gasteiger partial charge < -0.3 is 25.3 Å². The Hall–Kier alpha value is -4.24. The van der Waals surface area contributed by atoms with E-state index in [9.17, 15) is 24.3 Å². The van der Waals surface area contributed by atoms with E-state index in [1.165, 1.54) is 4.90 Å².